The molecule has 0 aliphatic carbocycles. The summed E-state index contributed by atoms with van der Waals surface area (Å²) < 4.78 is 5.48. The van der Waals surface area contributed by atoms with Crippen molar-refractivity contribution in [3.63, 3.8) is 0 Å². The van der Waals surface area contributed by atoms with Gasteiger partial charge in [0.25, 0.3) is 5.69 Å². The Bertz CT molecular complexity index is 1300. The number of thioether (sulfide) groups is 1. The van der Waals surface area contributed by atoms with Gasteiger partial charge in [-0.2, -0.15) is 0 Å². The minimum atomic E-state index is -0.829. The Labute approximate surface area is 186 Å². The van der Waals surface area contributed by atoms with Crippen LogP contribution in [-0.4, -0.2) is 32.8 Å². The lowest BCUT2D eigenvalue weighted by atomic mass is 10.1. The number of nitrogens with one attached hydrogen (secondary N) is 1. The summed E-state index contributed by atoms with van der Waals surface area (Å²) in [4.78, 5) is 35.9. The number of para-hydroxylation sites is 2. The zero-order valence-corrected chi connectivity index (χ0v) is 17.4. The number of fused-ring (bicyclic) bond motifs is 1. The Hall–Kier alpha value is -3.98. The van der Waals surface area contributed by atoms with Crippen LogP contribution in [0.25, 0.3) is 11.0 Å². The number of carbonyl (C=O) groups excluding carboxylic acids is 1. The molecule has 2 atom stereocenters. The van der Waals surface area contributed by atoms with Gasteiger partial charge in [-0.15, -0.1) is 0 Å². The number of ether oxygens (including phenoxy) is 1. The molecule has 5 rings (SSSR count). The molecule has 1 N–H and O–H groups in total. The van der Waals surface area contributed by atoms with Crippen molar-refractivity contribution in [2.75, 3.05) is 0 Å². The first kappa shape index (κ1) is 20.0. The third-order valence-electron chi connectivity index (χ3n) is 5.04. The summed E-state index contributed by atoms with van der Waals surface area (Å²) in [5, 5.41) is 11.2. The van der Waals surface area contributed by atoms with Crippen LogP contribution in [0.1, 0.15) is 16.4 Å². The first-order valence-electron chi connectivity index (χ1n) is 9.79. The van der Waals surface area contributed by atoms with Crippen LogP contribution in [0.2, 0.25) is 0 Å². The van der Waals surface area contributed by atoms with E-state index in [0.717, 1.165) is 11.0 Å². The molecule has 1 aliphatic heterocycles. The van der Waals surface area contributed by atoms with Gasteiger partial charge in [0.2, 0.25) is 5.90 Å². The molecule has 3 aromatic carbocycles. The molecule has 2 unspecified atom stereocenters. The maximum atomic E-state index is 12.8. The Morgan fingerprint density at radius 1 is 1.00 bits per heavy atom. The number of non-ortho nitro benzene ring substituents is 1. The van der Waals surface area contributed by atoms with Crippen molar-refractivity contribution < 1.29 is 14.5 Å². The maximum absolute atomic E-state index is 12.8. The molecule has 8 nitrogen and oxygen atoms in total. The molecule has 2 heterocycles. The lowest BCUT2D eigenvalue weighted by Gasteiger charge is -2.17. The van der Waals surface area contributed by atoms with Crippen LogP contribution >= 0.6 is 11.8 Å². The number of aliphatic imine (C=N–C) groups is 1. The zero-order chi connectivity index (χ0) is 22.1. The van der Waals surface area contributed by atoms with Gasteiger partial charge in [-0.05, 0) is 29.8 Å². The molecular formula is C23H16N4O4S. The van der Waals surface area contributed by atoms with Crippen molar-refractivity contribution >= 4 is 40.3 Å². The highest BCUT2D eigenvalue weighted by molar-refractivity contribution is 7.99. The molecule has 32 heavy (non-hydrogen) atoms. The number of aromatic amines is 1. The molecule has 0 radical (unpaired) electrons. The number of rotatable bonds is 6. The van der Waals surface area contributed by atoms with Gasteiger partial charge in [0.1, 0.15) is 0 Å². The fourth-order valence-corrected chi connectivity index (χ4v) is 4.63. The number of nitro groups is 1. The highest BCUT2D eigenvalue weighted by atomic mass is 32.2. The Kier molecular flexibility index (Phi) is 5.16. The number of imidazole rings is 1. The summed E-state index contributed by atoms with van der Waals surface area (Å²) in [6.07, 6.45) is 0. The number of cyclic esters (lactones) is 1. The van der Waals surface area contributed by atoms with Crippen LogP contribution in [0.5, 0.6) is 0 Å². The second kappa shape index (κ2) is 8.27. The average Bonchev–Trinajstić information content (AvgIpc) is 3.41. The molecule has 0 fully saturated rings. The second-order valence-corrected chi connectivity index (χ2v) is 8.24. The SMILES string of the molecule is O=C1OC(c2ccccc2)=NC1C(Sc1nc2ccccc2[nH]1)c1ccc([N+](=O)[O-])cc1. The van der Waals surface area contributed by atoms with E-state index in [1.54, 1.807) is 12.1 Å². The third kappa shape index (κ3) is 3.85. The van der Waals surface area contributed by atoms with Crippen molar-refractivity contribution in [2.24, 2.45) is 4.99 Å². The van der Waals surface area contributed by atoms with Gasteiger partial charge < -0.3 is 9.72 Å². The summed E-state index contributed by atoms with van der Waals surface area (Å²) in [6, 6.07) is 22.1. The summed E-state index contributed by atoms with van der Waals surface area (Å²) in [6.45, 7) is 0. The highest BCUT2D eigenvalue weighted by Crippen LogP contribution is 2.41. The smallest absolute Gasteiger partial charge is 0.339 e. The number of benzene rings is 3. The van der Waals surface area contributed by atoms with Gasteiger partial charge in [-0.3, -0.25) is 10.1 Å². The van der Waals surface area contributed by atoms with Crippen LogP contribution in [-0.2, 0) is 9.53 Å². The Morgan fingerprint density at radius 3 is 2.44 bits per heavy atom. The number of nitro benzene ring substituents is 1. The zero-order valence-electron chi connectivity index (χ0n) is 16.5. The van der Waals surface area contributed by atoms with Gasteiger partial charge in [-0.25, -0.2) is 14.8 Å². The molecule has 1 aliphatic rings. The Balaban J connectivity index is 1.53. The fourth-order valence-electron chi connectivity index (χ4n) is 3.47. The lowest BCUT2D eigenvalue weighted by Crippen LogP contribution is -2.22. The monoisotopic (exact) mass is 444 g/mol. The van der Waals surface area contributed by atoms with Gasteiger partial charge in [0, 0.05) is 17.7 Å². The van der Waals surface area contributed by atoms with Crippen molar-refractivity contribution in [3.05, 3.63) is 100 Å². The standard InChI is InChI=1S/C23H16N4O4S/c28-22-19(26-21(31-22)15-6-2-1-3-7-15)20(14-10-12-16(13-11-14)27(29)30)32-23-24-17-8-4-5-9-18(17)25-23/h1-13,19-20H,(H,24,25). The molecule has 0 saturated heterocycles. The molecular weight excluding hydrogens is 428 g/mol. The van der Waals surface area contributed by atoms with E-state index in [-0.39, 0.29) is 11.6 Å². The summed E-state index contributed by atoms with van der Waals surface area (Å²) in [7, 11) is 0. The molecule has 1 aromatic heterocycles. The predicted octanol–water partition coefficient (Wildman–Crippen LogP) is 4.68. The van der Waals surface area contributed by atoms with Crippen molar-refractivity contribution in [2.45, 2.75) is 16.4 Å². The number of carbonyl (C=O) groups is 1. The van der Waals surface area contributed by atoms with Gasteiger partial charge in [-0.1, -0.05) is 54.2 Å². The van der Waals surface area contributed by atoms with E-state index in [0.29, 0.717) is 16.3 Å². The second-order valence-electron chi connectivity index (χ2n) is 7.11. The molecule has 158 valence electrons. The van der Waals surface area contributed by atoms with Crippen LogP contribution < -0.4 is 0 Å². The van der Waals surface area contributed by atoms with Gasteiger partial charge >= 0.3 is 5.97 Å². The number of H-pyrrole nitrogens is 1. The van der Waals surface area contributed by atoms with Crippen LogP contribution in [0.3, 0.4) is 0 Å². The number of hydrogen-bond acceptors (Lipinski definition) is 7. The topological polar surface area (TPSA) is 110 Å². The summed E-state index contributed by atoms with van der Waals surface area (Å²) in [5.41, 5.74) is 3.07. The molecule has 0 bridgehead atoms. The van der Waals surface area contributed by atoms with Gasteiger partial charge in [0.15, 0.2) is 11.2 Å². The van der Waals surface area contributed by atoms with E-state index < -0.39 is 22.2 Å². The van der Waals surface area contributed by atoms with E-state index in [4.69, 9.17) is 4.74 Å². The predicted molar refractivity (Wildman–Crippen MR) is 121 cm³/mol. The summed E-state index contributed by atoms with van der Waals surface area (Å²) >= 11 is 1.34. The van der Waals surface area contributed by atoms with E-state index in [1.165, 1.54) is 23.9 Å². The third-order valence-corrected chi connectivity index (χ3v) is 6.24. The molecule has 0 spiro atoms. The first-order chi connectivity index (χ1) is 15.6. The maximum Gasteiger partial charge on any atom is 0.339 e. The van der Waals surface area contributed by atoms with Crippen LogP contribution in [0.15, 0.2) is 89.0 Å². The fraction of sp³-hybridized carbons (Fsp3) is 0.0870. The van der Waals surface area contributed by atoms with Crippen molar-refractivity contribution in [3.8, 4) is 0 Å². The molecule has 0 amide bonds. The van der Waals surface area contributed by atoms with E-state index in [2.05, 4.69) is 15.0 Å². The number of hydrogen-bond donors (Lipinski definition) is 1. The van der Waals surface area contributed by atoms with Crippen LogP contribution in [0, 0.1) is 10.1 Å². The quantitative estimate of drug-likeness (QED) is 0.200. The number of aromatic nitrogens is 2. The minimum absolute atomic E-state index is 0.0243. The van der Waals surface area contributed by atoms with E-state index in [1.807, 2.05) is 54.6 Å². The highest BCUT2D eigenvalue weighted by Gasteiger charge is 2.38. The van der Waals surface area contributed by atoms with E-state index in [9.17, 15) is 14.9 Å². The first-order valence-corrected chi connectivity index (χ1v) is 10.7. The number of nitrogens with zero attached hydrogens (tertiary/aromatic N) is 3. The molecule has 4 aromatic rings. The normalized spacial score (nSPS) is 16.6. The van der Waals surface area contributed by atoms with E-state index >= 15 is 0 Å². The lowest BCUT2D eigenvalue weighted by molar-refractivity contribution is -0.384. The van der Waals surface area contributed by atoms with Gasteiger partial charge in [0.05, 0.1) is 21.2 Å². The van der Waals surface area contributed by atoms with Crippen molar-refractivity contribution in [1.82, 2.24) is 9.97 Å². The minimum Gasteiger partial charge on any atom is -0.406 e. The number of esters is 1. The van der Waals surface area contributed by atoms with Crippen molar-refractivity contribution in [1.29, 1.82) is 0 Å². The average molecular weight is 444 g/mol. The molecule has 0 saturated carbocycles. The van der Waals surface area contributed by atoms with Crippen LogP contribution in [0.4, 0.5) is 5.69 Å². The molecule has 9 heteroatoms. The largest absolute Gasteiger partial charge is 0.406 e. The Morgan fingerprint density at radius 2 is 1.72 bits per heavy atom. The summed E-state index contributed by atoms with van der Waals surface area (Å²) in [5.74, 6) is -0.214.